The number of benzene rings is 1. The monoisotopic (exact) mass is 388 g/mol. The molecule has 1 saturated carbocycles. The lowest BCUT2D eigenvalue weighted by Gasteiger charge is -2.26. The van der Waals surface area contributed by atoms with Crippen LogP contribution in [0.3, 0.4) is 0 Å². The molecule has 1 aromatic carbocycles. The number of carbonyl (C=O) groups excluding carboxylic acids is 3. The first-order valence-corrected chi connectivity index (χ1v) is 9.99. The first kappa shape index (κ1) is 21.9. The van der Waals surface area contributed by atoms with Gasteiger partial charge in [0.05, 0.1) is 0 Å². The molecular weight excluding hydrogens is 356 g/mol. The van der Waals surface area contributed by atoms with Crippen LogP contribution in [0.5, 0.6) is 0 Å². The van der Waals surface area contributed by atoms with E-state index in [1.807, 2.05) is 12.1 Å². The number of ether oxygens (including phenoxy) is 1. The molecule has 28 heavy (non-hydrogen) atoms. The van der Waals surface area contributed by atoms with Crippen molar-refractivity contribution in [2.24, 2.45) is 5.92 Å². The van der Waals surface area contributed by atoms with Gasteiger partial charge in [-0.2, -0.15) is 0 Å². The van der Waals surface area contributed by atoms with Crippen molar-refractivity contribution in [1.29, 1.82) is 0 Å². The Bertz CT molecular complexity index is 683. The first-order valence-electron chi connectivity index (χ1n) is 9.99. The van der Waals surface area contributed by atoms with E-state index in [1.165, 1.54) is 0 Å². The molecule has 0 aliphatic heterocycles. The summed E-state index contributed by atoms with van der Waals surface area (Å²) in [6.45, 7) is 7.93. The minimum atomic E-state index is -0.632. The van der Waals surface area contributed by atoms with Crippen molar-refractivity contribution in [2.75, 3.05) is 13.2 Å². The van der Waals surface area contributed by atoms with Crippen LogP contribution in [0.4, 0.5) is 0 Å². The Morgan fingerprint density at radius 1 is 1.04 bits per heavy atom. The second-order valence-corrected chi connectivity index (χ2v) is 8.70. The smallest absolute Gasteiger partial charge is 0.325 e. The third-order valence-corrected chi connectivity index (χ3v) is 5.15. The third-order valence-electron chi connectivity index (χ3n) is 5.15. The summed E-state index contributed by atoms with van der Waals surface area (Å²) < 4.78 is 4.95. The highest BCUT2D eigenvalue weighted by atomic mass is 16.5. The van der Waals surface area contributed by atoms with Crippen LogP contribution in [0.1, 0.15) is 69.3 Å². The minimum absolute atomic E-state index is 0.00919. The van der Waals surface area contributed by atoms with Gasteiger partial charge in [0.1, 0.15) is 6.54 Å². The second kappa shape index (κ2) is 9.71. The van der Waals surface area contributed by atoms with Gasteiger partial charge in [0.25, 0.3) is 11.8 Å². The Morgan fingerprint density at radius 3 is 2.21 bits per heavy atom. The number of carbonyl (C=O) groups is 3. The van der Waals surface area contributed by atoms with Gasteiger partial charge in [0.15, 0.2) is 6.61 Å². The maximum Gasteiger partial charge on any atom is 0.325 e. The van der Waals surface area contributed by atoms with Gasteiger partial charge in [-0.05, 0) is 54.7 Å². The molecule has 154 valence electrons. The fourth-order valence-electron chi connectivity index (χ4n) is 3.25. The maximum atomic E-state index is 12.1. The molecule has 2 N–H and O–H groups in total. The molecule has 1 aliphatic rings. The van der Waals surface area contributed by atoms with E-state index in [2.05, 4.69) is 38.3 Å². The molecule has 0 spiro atoms. The molecule has 6 heteroatoms. The molecule has 2 rings (SSSR count). The fourth-order valence-corrected chi connectivity index (χ4v) is 3.25. The molecule has 6 nitrogen and oxygen atoms in total. The molecule has 1 fully saturated rings. The lowest BCUT2D eigenvalue weighted by atomic mass is 9.87. The van der Waals surface area contributed by atoms with Crippen molar-refractivity contribution in [1.82, 2.24) is 10.6 Å². The van der Waals surface area contributed by atoms with Crippen LogP contribution in [-0.2, 0) is 19.7 Å². The average molecular weight is 389 g/mol. The number of nitrogens with one attached hydrogen (secondary N) is 2. The van der Waals surface area contributed by atoms with E-state index < -0.39 is 5.97 Å². The standard InChI is InChI=1S/C22H32N2O4/c1-15-5-11-18(12-6-15)24-19(25)14-28-20(26)13-23-21(27)16-7-9-17(10-8-16)22(2,3)4/h7-10,15,18H,5-6,11-14H2,1-4H3,(H,23,27)(H,24,25). The van der Waals surface area contributed by atoms with Crippen molar-refractivity contribution in [3.8, 4) is 0 Å². The summed E-state index contributed by atoms with van der Waals surface area (Å²) in [5, 5.41) is 5.42. The van der Waals surface area contributed by atoms with Crippen molar-refractivity contribution in [2.45, 2.75) is 64.8 Å². The number of amides is 2. The van der Waals surface area contributed by atoms with Crippen molar-refractivity contribution in [3.05, 3.63) is 35.4 Å². The predicted molar refractivity (Wildman–Crippen MR) is 108 cm³/mol. The molecule has 0 aromatic heterocycles. The highest BCUT2D eigenvalue weighted by Gasteiger charge is 2.20. The Labute approximate surface area is 167 Å². The first-order chi connectivity index (χ1) is 13.1. The summed E-state index contributed by atoms with van der Waals surface area (Å²) in [7, 11) is 0. The van der Waals surface area contributed by atoms with Gasteiger partial charge in [-0.3, -0.25) is 14.4 Å². The van der Waals surface area contributed by atoms with Gasteiger partial charge in [-0.25, -0.2) is 0 Å². The molecule has 0 unspecified atom stereocenters. The average Bonchev–Trinajstić information content (AvgIpc) is 2.65. The molecule has 0 atom stereocenters. The van der Waals surface area contributed by atoms with Crippen LogP contribution in [0.25, 0.3) is 0 Å². The number of esters is 1. The highest BCUT2D eigenvalue weighted by Crippen LogP contribution is 2.23. The van der Waals surface area contributed by atoms with Gasteiger partial charge in [0, 0.05) is 11.6 Å². The Kier molecular flexibility index (Phi) is 7.61. The van der Waals surface area contributed by atoms with E-state index >= 15 is 0 Å². The van der Waals surface area contributed by atoms with Crippen LogP contribution in [0.2, 0.25) is 0 Å². The van der Waals surface area contributed by atoms with Crippen LogP contribution < -0.4 is 10.6 Å². The fraction of sp³-hybridized carbons (Fsp3) is 0.591. The molecule has 1 aliphatic carbocycles. The Morgan fingerprint density at radius 2 is 1.64 bits per heavy atom. The van der Waals surface area contributed by atoms with Crippen molar-refractivity contribution in [3.63, 3.8) is 0 Å². The van der Waals surface area contributed by atoms with Gasteiger partial charge in [0.2, 0.25) is 0 Å². The van der Waals surface area contributed by atoms with Crippen molar-refractivity contribution >= 4 is 17.8 Å². The number of hydrogen-bond acceptors (Lipinski definition) is 4. The molecule has 1 aromatic rings. The van der Waals surface area contributed by atoms with Crippen LogP contribution in [0, 0.1) is 5.92 Å². The maximum absolute atomic E-state index is 12.1. The van der Waals surface area contributed by atoms with E-state index in [1.54, 1.807) is 12.1 Å². The van der Waals surface area contributed by atoms with Gasteiger partial charge < -0.3 is 15.4 Å². The lowest BCUT2D eigenvalue weighted by Crippen LogP contribution is -2.40. The van der Waals surface area contributed by atoms with Crippen LogP contribution >= 0.6 is 0 Å². The predicted octanol–water partition coefficient (Wildman–Crippen LogP) is 2.95. The van der Waals surface area contributed by atoms with Gasteiger partial charge in [-0.1, -0.05) is 39.8 Å². The SMILES string of the molecule is CC1CCC(NC(=O)COC(=O)CNC(=O)c2ccc(C(C)(C)C)cc2)CC1. The van der Waals surface area contributed by atoms with E-state index in [0.717, 1.165) is 31.2 Å². The zero-order chi connectivity index (χ0) is 20.7. The summed E-state index contributed by atoms with van der Waals surface area (Å²) in [5.41, 5.74) is 1.61. The van der Waals surface area contributed by atoms with Gasteiger partial charge in [-0.15, -0.1) is 0 Å². The zero-order valence-electron chi connectivity index (χ0n) is 17.3. The van der Waals surface area contributed by atoms with E-state index in [4.69, 9.17) is 4.74 Å². The number of rotatable bonds is 6. The molecule has 0 saturated heterocycles. The third kappa shape index (κ3) is 6.98. The van der Waals surface area contributed by atoms with Crippen LogP contribution in [-0.4, -0.2) is 37.0 Å². The van der Waals surface area contributed by atoms with E-state index in [-0.39, 0.29) is 36.4 Å². The molecule has 0 bridgehead atoms. The zero-order valence-corrected chi connectivity index (χ0v) is 17.3. The Hall–Kier alpha value is -2.37. The summed E-state index contributed by atoms with van der Waals surface area (Å²) in [6, 6.07) is 7.45. The lowest BCUT2D eigenvalue weighted by molar-refractivity contribution is -0.147. The topological polar surface area (TPSA) is 84.5 Å². The van der Waals surface area contributed by atoms with E-state index in [0.29, 0.717) is 11.5 Å². The molecular formula is C22H32N2O4. The number of hydrogen-bond donors (Lipinski definition) is 2. The normalized spacial score (nSPS) is 19.6. The second-order valence-electron chi connectivity index (χ2n) is 8.70. The summed E-state index contributed by atoms with van der Waals surface area (Å²) in [5.74, 6) is -0.568. The largest absolute Gasteiger partial charge is 0.454 e. The minimum Gasteiger partial charge on any atom is -0.454 e. The molecule has 2 amide bonds. The quantitative estimate of drug-likeness (QED) is 0.734. The highest BCUT2D eigenvalue weighted by molar-refractivity contribution is 5.96. The van der Waals surface area contributed by atoms with E-state index in [9.17, 15) is 14.4 Å². The molecule has 0 heterocycles. The summed E-state index contributed by atoms with van der Waals surface area (Å²) in [6.07, 6.45) is 4.14. The Balaban J connectivity index is 1.68. The summed E-state index contributed by atoms with van der Waals surface area (Å²) in [4.78, 5) is 35.8. The van der Waals surface area contributed by atoms with Crippen LogP contribution in [0.15, 0.2) is 24.3 Å². The molecule has 0 radical (unpaired) electrons. The van der Waals surface area contributed by atoms with Crippen molar-refractivity contribution < 1.29 is 19.1 Å². The van der Waals surface area contributed by atoms with Gasteiger partial charge >= 0.3 is 5.97 Å². The summed E-state index contributed by atoms with van der Waals surface area (Å²) >= 11 is 0.